The maximum atomic E-state index is 13.2. The molecule has 3 nitrogen and oxygen atoms in total. The number of halogens is 1. The third-order valence-corrected chi connectivity index (χ3v) is 3.48. The molecule has 2 aromatic carbocycles. The summed E-state index contributed by atoms with van der Waals surface area (Å²) in [6, 6.07) is 16.7. The van der Waals surface area contributed by atoms with Gasteiger partial charge in [0.25, 0.3) is 0 Å². The number of H-pyrrole nitrogens is 2. The van der Waals surface area contributed by atoms with Crippen molar-refractivity contribution in [1.82, 2.24) is 10.2 Å². The number of hydrogen-bond donors (Lipinski definition) is 3. The predicted molar refractivity (Wildman–Crippen MR) is 79.0 cm³/mol. The molecule has 0 bridgehead atoms. The summed E-state index contributed by atoms with van der Waals surface area (Å²) < 4.78 is 13.2. The van der Waals surface area contributed by atoms with Gasteiger partial charge in [0.15, 0.2) is 0 Å². The Hall–Kier alpha value is -2.75. The second kappa shape index (κ2) is 4.13. The molecule has 98 valence electrons. The molecule has 0 fully saturated rings. The van der Waals surface area contributed by atoms with Crippen LogP contribution in [0.15, 0.2) is 54.6 Å². The van der Waals surface area contributed by atoms with Gasteiger partial charge in [-0.25, -0.2) is 4.39 Å². The van der Waals surface area contributed by atoms with Gasteiger partial charge in [-0.3, -0.25) is 10.2 Å². The monoisotopic (exact) mass is 265 g/mol. The fraction of sp³-hybridized carbons (Fsp3) is 0. The van der Waals surface area contributed by atoms with Crippen LogP contribution in [0.25, 0.3) is 22.0 Å². The lowest BCUT2D eigenvalue weighted by atomic mass is 10.2. The average molecular weight is 265 g/mol. The van der Waals surface area contributed by atoms with Crippen molar-refractivity contribution in [3.05, 3.63) is 60.4 Å². The van der Waals surface area contributed by atoms with E-state index in [9.17, 15) is 4.39 Å². The van der Waals surface area contributed by atoms with Crippen LogP contribution in [0.5, 0.6) is 0 Å². The molecule has 0 saturated heterocycles. The standard InChI is InChI=1S/C16H12FN3/c17-11-5-3-6-12(9-11)18-16-14-8-10-4-1-2-7-13(10)15(14)19-20-16/h1-9,18-20H. The van der Waals surface area contributed by atoms with E-state index in [1.54, 1.807) is 6.07 Å². The summed E-state index contributed by atoms with van der Waals surface area (Å²) in [5.41, 5.74) is 2.84. The van der Waals surface area contributed by atoms with E-state index in [1.165, 1.54) is 22.9 Å². The minimum atomic E-state index is -0.255. The topological polar surface area (TPSA) is 43.6 Å². The van der Waals surface area contributed by atoms with Crippen LogP contribution in [-0.2, 0) is 0 Å². The summed E-state index contributed by atoms with van der Waals surface area (Å²) in [7, 11) is 0. The van der Waals surface area contributed by atoms with Crippen molar-refractivity contribution in [2.24, 2.45) is 0 Å². The van der Waals surface area contributed by atoms with E-state index >= 15 is 0 Å². The van der Waals surface area contributed by atoms with E-state index in [0.29, 0.717) is 5.69 Å². The lowest BCUT2D eigenvalue weighted by Gasteiger charge is -2.04. The van der Waals surface area contributed by atoms with E-state index < -0.39 is 0 Å². The number of aromatic amines is 2. The van der Waals surface area contributed by atoms with E-state index in [0.717, 1.165) is 17.1 Å². The highest BCUT2D eigenvalue weighted by atomic mass is 19.1. The van der Waals surface area contributed by atoms with Crippen molar-refractivity contribution in [1.29, 1.82) is 0 Å². The SMILES string of the molecule is Fc1cccc(Nc2[nH][nH]c3c4ccccc4cc2-3)c1. The highest BCUT2D eigenvalue weighted by Gasteiger charge is 2.16. The van der Waals surface area contributed by atoms with Crippen LogP contribution in [0, 0.1) is 5.82 Å². The number of nitrogens with one attached hydrogen (secondary N) is 3. The summed E-state index contributed by atoms with van der Waals surface area (Å²) in [6.07, 6.45) is 0. The molecule has 4 rings (SSSR count). The van der Waals surface area contributed by atoms with Crippen LogP contribution in [0.3, 0.4) is 0 Å². The molecule has 1 aliphatic heterocycles. The van der Waals surface area contributed by atoms with Crippen molar-refractivity contribution >= 4 is 22.3 Å². The van der Waals surface area contributed by atoms with Gasteiger partial charge in [-0.2, -0.15) is 0 Å². The predicted octanol–water partition coefficient (Wildman–Crippen LogP) is 4.48. The lowest BCUT2D eigenvalue weighted by molar-refractivity contribution is 0.628. The molecule has 2 aliphatic rings. The Morgan fingerprint density at radius 2 is 1.80 bits per heavy atom. The fourth-order valence-electron chi connectivity index (χ4n) is 2.56. The zero-order valence-electron chi connectivity index (χ0n) is 10.6. The number of rotatable bonds is 2. The van der Waals surface area contributed by atoms with E-state index in [2.05, 4.69) is 33.7 Å². The third kappa shape index (κ3) is 1.66. The van der Waals surface area contributed by atoms with Gasteiger partial charge in [-0.1, -0.05) is 30.3 Å². The molecular weight excluding hydrogens is 253 g/mol. The zero-order chi connectivity index (χ0) is 13.5. The number of anilines is 2. The van der Waals surface area contributed by atoms with Crippen molar-refractivity contribution in [2.45, 2.75) is 0 Å². The van der Waals surface area contributed by atoms with Crippen LogP contribution in [0.1, 0.15) is 0 Å². The molecule has 0 radical (unpaired) electrons. The third-order valence-electron chi connectivity index (χ3n) is 3.48. The lowest BCUT2D eigenvalue weighted by Crippen LogP contribution is -1.91. The normalized spacial score (nSPS) is 11.2. The minimum absolute atomic E-state index is 0.255. The van der Waals surface area contributed by atoms with Gasteiger partial charge in [-0.15, -0.1) is 0 Å². The number of hydrogen-bond acceptors (Lipinski definition) is 1. The largest absolute Gasteiger partial charge is 0.340 e. The second-order valence-corrected chi connectivity index (χ2v) is 4.78. The Morgan fingerprint density at radius 3 is 2.70 bits per heavy atom. The summed E-state index contributed by atoms with van der Waals surface area (Å²) >= 11 is 0. The first-order chi connectivity index (χ1) is 9.81. The Morgan fingerprint density at radius 1 is 0.900 bits per heavy atom. The zero-order valence-corrected chi connectivity index (χ0v) is 10.6. The van der Waals surface area contributed by atoms with E-state index in [1.807, 2.05) is 18.2 Å². The van der Waals surface area contributed by atoms with Crippen LogP contribution in [-0.4, -0.2) is 10.2 Å². The smallest absolute Gasteiger partial charge is 0.132 e. The highest BCUT2D eigenvalue weighted by Crippen LogP contribution is 2.37. The summed E-state index contributed by atoms with van der Waals surface area (Å²) in [5.74, 6) is 0.580. The first-order valence-corrected chi connectivity index (χ1v) is 6.42. The molecule has 0 amide bonds. The first-order valence-electron chi connectivity index (χ1n) is 6.42. The highest BCUT2D eigenvalue weighted by molar-refractivity contribution is 6.04. The molecule has 3 N–H and O–H groups in total. The van der Waals surface area contributed by atoms with Gasteiger partial charge in [0.05, 0.1) is 5.69 Å². The van der Waals surface area contributed by atoms with Crippen LogP contribution < -0.4 is 5.32 Å². The van der Waals surface area contributed by atoms with Gasteiger partial charge < -0.3 is 5.32 Å². The number of fused-ring (bicyclic) bond motifs is 3. The number of aromatic nitrogens is 2. The molecule has 4 heteroatoms. The van der Waals surface area contributed by atoms with Gasteiger partial charge in [0.2, 0.25) is 0 Å². The Kier molecular flexibility index (Phi) is 2.29. The van der Waals surface area contributed by atoms with Crippen molar-refractivity contribution < 1.29 is 4.39 Å². The molecule has 0 atom stereocenters. The molecule has 1 heterocycles. The second-order valence-electron chi connectivity index (χ2n) is 4.78. The van der Waals surface area contributed by atoms with Crippen molar-refractivity contribution in [2.75, 3.05) is 5.32 Å². The van der Waals surface area contributed by atoms with E-state index in [-0.39, 0.29) is 5.82 Å². The van der Waals surface area contributed by atoms with Gasteiger partial charge in [0.1, 0.15) is 11.6 Å². The van der Waals surface area contributed by atoms with Crippen molar-refractivity contribution in [3.63, 3.8) is 0 Å². The maximum absolute atomic E-state index is 13.2. The molecule has 0 saturated carbocycles. The van der Waals surface area contributed by atoms with Gasteiger partial charge in [0, 0.05) is 16.6 Å². The molecular formula is C16H12FN3. The van der Waals surface area contributed by atoms with Gasteiger partial charge in [-0.05, 0) is 29.7 Å². The molecule has 0 spiro atoms. The number of benzene rings is 2. The Balaban J connectivity index is 1.79. The Labute approximate surface area is 114 Å². The molecule has 1 aliphatic carbocycles. The molecule has 0 unspecified atom stereocenters. The van der Waals surface area contributed by atoms with Crippen LogP contribution in [0.2, 0.25) is 0 Å². The minimum Gasteiger partial charge on any atom is -0.340 e. The summed E-state index contributed by atoms with van der Waals surface area (Å²) in [6.45, 7) is 0. The maximum Gasteiger partial charge on any atom is 0.132 e. The van der Waals surface area contributed by atoms with Crippen LogP contribution in [0.4, 0.5) is 15.9 Å². The van der Waals surface area contributed by atoms with Crippen LogP contribution >= 0.6 is 0 Å². The summed E-state index contributed by atoms with van der Waals surface area (Å²) in [5, 5.41) is 11.8. The Bertz CT molecular complexity index is 859. The van der Waals surface area contributed by atoms with E-state index in [4.69, 9.17) is 0 Å². The summed E-state index contributed by atoms with van der Waals surface area (Å²) in [4.78, 5) is 0. The molecule has 0 aromatic heterocycles. The average Bonchev–Trinajstić information content (AvgIpc) is 2.99. The molecule has 20 heavy (non-hydrogen) atoms. The van der Waals surface area contributed by atoms with Gasteiger partial charge >= 0.3 is 0 Å². The molecule has 2 aromatic rings. The fourth-order valence-corrected chi connectivity index (χ4v) is 2.56. The quantitative estimate of drug-likeness (QED) is 0.491. The first kappa shape index (κ1) is 11.1. The van der Waals surface area contributed by atoms with Crippen molar-refractivity contribution in [3.8, 4) is 11.3 Å².